The Balaban J connectivity index is 2.30. The van der Waals surface area contributed by atoms with Gasteiger partial charge in [-0.2, -0.15) is 0 Å². The zero-order chi connectivity index (χ0) is 11.4. The van der Waals surface area contributed by atoms with Crippen molar-refractivity contribution in [1.82, 2.24) is 10.2 Å². The molecule has 0 bridgehead atoms. The summed E-state index contributed by atoms with van der Waals surface area (Å²) in [6, 6.07) is 2.18. The highest BCUT2D eigenvalue weighted by molar-refractivity contribution is 4.90. The number of nitrogens with one attached hydrogen (secondary N) is 1. The summed E-state index contributed by atoms with van der Waals surface area (Å²) >= 11 is 0. The van der Waals surface area contributed by atoms with Gasteiger partial charge in [-0.1, -0.05) is 20.8 Å². The maximum Gasteiger partial charge on any atom is 0.0135 e. The molecule has 0 aromatic heterocycles. The lowest BCUT2D eigenvalue weighted by Gasteiger charge is -2.45. The van der Waals surface area contributed by atoms with Crippen molar-refractivity contribution in [3.63, 3.8) is 0 Å². The Labute approximate surface area is 95.4 Å². The molecule has 1 aliphatic rings. The summed E-state index contributed by atoms with van der Waals surface area (Å²) in [5.74, 6) is 0.881. The molecule has 1 rings (SSSR count). The van der Waals surface area contributed by atoms with E-state index < -0.39 is 0 Å². The molecule has 0 aromatic rings. The van der Waals surface area contributed by atoms with Crippen LogP contribution in [0, 0.1) is 5.92 Å². The minimum atomic E-state index is 0.625. The summed E-state index contributed by atoms with van der Waals surface area (Å²) in [5, 5.41) is 3.56. The molecule has 0 spiro atoms. The zero-order valence-corrected chi connectivity index (χ0v) is 11.1. The normalized spacial score (nSPS) is 28.2. The van der Waals surface area contributed by atoms with E-state index in [0.717, 1.165) is 18.0 Å². The fourth-order valence-electron chi connectivity index (χ4n) is 2.33. The second-order valence-corrected chi connectivity index (χ2v) is 5.39. The fraction of sp³-hybridized carbons (Fsp3) is 1.00. The highest BCUT2D eigenvalue weighted by Crippen LogP contribution is 2.32. The molecule has 2 nitrogen and oxygen atoms in total. The minimum Gasteiger partial charge on any atom is -0.314 e. The molecule has 1 aliphatic carbocycles. The van der Waals surface area contributed by atoms with Crippen LogP contribution >= 0.6 is 0 Å². The van der Waals surface area contributed by atoms with Crippen LogP contribution in [-0.2, 0) is 0 Å². The lowest BCUT2D eigenvalue weighted by atomic mass is 9.78. The third-order valence-electron chi connectivity index (χ3n) is 3.97. The molecule has 2 heteroatoms. The number of hydrogen-bond donors (Lipinski definition) is 1. The summed E-state index contributed by atoms with van der Waals surface area (Å²) < 4.78 is 0. The number of nitrogens with zero attached hydrogens (tertiary/aromatic N) is 1. The lowest BCUT2D eigenvalue weighted by molar-refractivity contribution is 0.0531. The Morgan fingerprint density at radius 3 is 2.33 bits per heavy atom. The van der Waals surface area contributed by atoms with Crippen LogP contribution < -0.4 is 5.32 Å². The van der Waals surface area contributed by atoms with Gasteiger partial charge in [0.15, 0.2) is 0 Å². The molecule has 0 heterocycles. The zero-order valence-electron chi connectivity index (χ0n) is 11.1. The molecule has 15 heavy (non-hydrogen) atoms. The Morgan fingerprint density at radius 2 is 1.93 bits per heavy atom. The second kappa shape index (κ2) is 5.86. The van der Waals surface area contributed by atoms with Gasteiger partial charge in [0.1, 0.15) is 0 Å². The first-order chi connectivity index (χ1) is 7.06. The van der Waals surface area contributed by atoms with Crippen LogP contribution in [0.15, 0.2) is 0 Å². The van der Waals surface area contributed by atoms with Gasteiger partial charge in [0.25, 0.3) is 0 Å². The lowest BCUT2D eigenvalue weighted by Crippen LogP contribution is -2.52. The molecule has 90 valence electrons. The average molecular weight is 212 g/mol. The van der Waals surface area contributed by atoms with Crippen LogP contribution in [0.5, 0.6) is 0 Å². The standard InChI is InChI=1S/C13H28N2/c1-6-11(4)15(5)13-8-7-12(13)9-14-10(2)3/h10-14H,6-9H2,1-5H3. The van der Waals surface area contributed by atoms with Crippen LogP contribution in [0.2, 0.25) is 0 Å². The van der Waals surface area contributed by atoms with Gasteiger partial charge in [-0.3, -0.25) is 0 Å². The largest absolute Gasteiger partial charge is 0.314 e. The van der Waals surface area contributed by atoms with E-state index >= 15 is 0 Å². The highest BCUT2D eigenvalue weighted by atomic mass is 15.2. The molecular weight excluding hydrogens is 184 g/mol. The van der Waals surface area contributed by atoms with Gasteiger partial charge in [-0.05, 0) is 45.7 Å². The van der Waals surface area contributed by atoms with Gasteiger partial charge in [0.2, 0.25) is 0 Å². The SMILES string of the molecule is CCC(C)N(C)C1CCC1CNC(C)C. The third kappa shape index (κ3) is 3.46. The summed E-state index contributed by atoms with van der Waals surface area (Å²) in [7, 11) is 2.29. The smallest absolute Gasteiger partial charge is 0.0135 e. The van der Waals surface area contributed by atoms with E-state index in [2.05, 4.69) is 45.0 Å². The molecule has 0 aliphatic heterocycles. The van der Waals surface area contributed by atoms with Crippen molar-refractivity contribution in [3.05, 3.63) is 0 Å². The maximum atomic E-state index is 3.56. The van der Waals surface area contributed by atoms with Crippen molar-refractivity contribution in [2.75, 3.05) is 13.6 Å². The average Bonchev–Trinajstić information content (AvgIpc) is 2.14. The molecule has 1 N–H and O–H groups in total. The maximum absolute atomic E-state index is 3.56. The van der Waals surface area contributed by atoms with Crippen LogP contribution in [0.25, 0.3) is 0 Å². The minimum absolute atomic E-state index is 0.625. The van der Waals surface area contributed by atoms with E-state index in [0.29, 0.717) is 6.04 Å². The first kappa shape index (κ1) is 13.0. The van der Waals surface area contributed by atoms with Gasteiger partial charge >= 0.3 is 0 Å². The molecule has 0 aromatic carbocycles. The number of rotatable bonds is 6. The van der Waals surface area contributed by atoms with Crippen molar-refractivity contribution < 1.29 is 0 Å². The monoisotopic (exact) mass is 212 g/mol. The Bertz CT molecular complexity index is 179. The van der Waals surface area contributed by atoms with Crippen molar-refractivity contribution in [2.45, 2.75) is 65.1 Å². The summed E-state index contributed by atoms with van der Waals surface area (Å²) in [6.45, 7) is 10.3. The van der Waals surface area contributed by atoms with Crippen molar-refractivity contribution in [2.24, 2.45) is 5.92 Å². The highest BCUT2D eigenvalue weighted by Gasteiger charge is 2.34. The van der Waals surface area contributed by atoms with Crippen LogP contribution in [0.4, 0.5) is 0 Å². The van der Waals surface area contributed by atoms with Gasteiger partial charge in [0, 0.05) is 18.1 Å². The van der Waals surface area contributed by atoms with Gasteiger partial charge in [0.05, 0.1) is 0 Å². The molecule has 3 unspecified atom stereocenters. The molecule has 0 radical (unpaired) electrons. The Morgan fingerprint density at radius 1 is 1.27 bits per heavy atom. The van der Waals surface area contributed by atoms with Gasteiger partial charge in [-0.25, -0.2) is 0 Å². The first-order valence-electron chi connectivity index (χ1n) is 6.51. The van der Waals surface area contributed by atoms with Crippen molar-refractivity contribution in [3.8, 4) is 0 Å². The predicted molar refractivity (Wildman–Crippen MR) is 67.2 cm³/mol. The van der Waals surface area contributed by atoms with Crippen LogP contribution in [0.1, 0.15) is 47.0 Å². The van der Waals surface area contributed by atoms with E-state index in [-0.39, 0.29) is 0 Å². The van der Waals surface area contributed by atoms with Crippen LogP contribution in [-0.4, -0.2) is 36.6 Å². The summed E-state index contributed by atoms with van der Waals surface area (Å²) in [4.78, 5) is 2.58. The molecule has 0 amide bonds. The third-order valence-corrected chi connectivity index (χ3v) is 3.97. The Hall–Kier alpha value is -0.0800. The predicted octanol–water partition coefficient (Wildman–Crippen LogP) is 2.49. The van der Waals surface area contributed by atoms with Crippen molar-refractivity contribution in [1.29, 1.82) is 0 Å². The van der Waals surface area contributed by atoms with Gasteiger partial charge < -0.3 is 10.2 Å². The number of hydrogen-bond acceptors (Lipinski definition) is 2. The summed E-state index contributed by atoms with van der Waals surface area (Å²) in [6.07, 6.45) is 4.06. The van der Waals surface area contributed by atoms with E-state index in [1.165, 1.54) is 25.8 Å². The quantitative estimate of drug-likeness (QED) is 0.728. The Kier molecular flexibility index (Phi) is 5.07. The van der Waals surface area contributed by atoms with Gasteiger partial charge in [-0.15, -0.1) is 0 Å². The van der Waals surface area contributed by atoms with Crippen molar-refractivity contribution >= 4 is 0 Å². The van der Waals surface area contributed by atoms with E-state index in [4.69, 9.17) is 0 Å². The second-order valence-electron chi connectivity index (χ2n) is 5.39. The fourth-order valence-corrected chi connectivity index (χ4v) is 2.33. The van der Waals surface area contributed by atoms with Crippen LogP contribution in [0.3, 0.4) is 0 Å². The molecule has 1 fully saturated rings. The van der Waals surface area contributed by atoms with E-state index in [9.17, 15) is 0 Å². The molecule has 1 saturated carbocycles. The topological polar surface area (TPSA) is 15.3 Å². The first-order valence-corrected chi connectivity index (χ1v) is 6.51. The molecule has 3 atom stereocenters. The molecular formula is C13H28N2. The summed E-state index contributed by atoms with van der Waals surface area (Å²) in [5.41, 5.74) is 0. The molecule has 0 saturated heterocycles. The van der Waals surface area contributed by atoms with E-state index in [1.54, 1.807) is 0 Å². The van der Waals surface area contributed by atoms with E-state index in [1.807, 2.05) is 0 Å².